The minimum absolute atomic E-state index is 0.00100. The SMILES string of the molecule is O=C(COC(=O)c1cc(S(=O)(=O)N2CCN(c3ccccc3)CC2)ccc1Cl)c1cc(Cl)ccc1Cl. The van der Waals surface area contributed by atoms with Crippen molar-refractivity contribution in [3.63, 3.8) is 0 Å². The highest BCUT2D eigenvalue weighted by Gasteiger charge is 2.30. The van der Waals surface area contributed by atoms with Crippen molar-refractivity contribution in [2.45, 2.75) is 4.90 Å². The summed E-state index contributed by atoms with van der Waals surface area (Å²) in [5, 5.41) is 0.472. The molecular weight excluding hydrogens is 547 g/mol. The molecule has 0 unspecified atom stereocenters. The lowest BCUT2D eigenvalue weighted by molar-refractivity contribution is 0.0474. The number of esters is 1. The average Bonchev–Trinajstić information content (AvgIpc) is 2.89. The minimum Gasteiger partial charge on any atom is -0.454 e. The molecular formula is C25H21Cl3N2O5S. The first kappa shape index (κ1) is 26.4. The summed E-state index contributed by atoms with van der Waals surface area (Å²) in [7, 11) is -3.88. The lowest BCUT2D eigenvalue weighted by atomic mass is 10.1. The Morgan fingerprint density at radius 1 is 0.806 bits per heavy atom. The van der Waals surface area contributed by atoms with E-state index in [2.05, 4.69) is 4.90 Å². The Bertz CT molecular complexity index is 1390. The fourth-order valence-corrected chi connectivity index (χ4v) is 5.83. The number of anilines is 1. The molecule has 0 atom stereocenters. The van der Waals surface area contributed by atoms with E-state index in [1.54, 1.807) is 0 Å². The van der Waals surface area contributed by atoms with Gasteiger partial charge in [0.25, 0.3) is 0 Å². The van der Waals surface area contributed by atoms with Crippen LogP contribution in [0.15, 0.2) is 71.6 Å². The molecule has 1 fully saturated rings. The van der Waals surface area contributed by atoms with E-state index >= 15 is 0 Å². The van der Waals surface area contributed by atoms with Gasteiger partial charge in [0.05, 0.1) is 20.5 Å². The number of carbonyl (C=O) groups excluding carboxylic acids is 2. The number of nitrogens with zero attached hydrogens (tertiary/aromatic N) is 2. The van der Waals surface area contributed by atoms with Crippen LogP contribution in [0.25, 0.3) is 0 Å². The Morgan fingerprint density at radius 3 is 2.14 bits per heavy atom. The minimum atomic E-state index is -3.88. The second-order valence-corrected chi connectivity index (χ2v) is 11.2. The Hall–Kier alpha value is -2.62. The fraction of sp³-hybridized carbons (Fsp3) is 0.200. The zero-order chi connectivity index (χ0) is 25.9. The van der Waals surface area contributed by atoms with Gasteiger partial charge in [-0.2, -0.15) is 4.31 Å². The molecule has 3 aromatic rings. The summed E-state index contributed by atoms with van der Waals surface area (Å²) in [5.74, 6) is -1.50. The van der Waals surface area contributed by atoms with Crippen LogP contribution in [-0.4, -0.2) is 57.3 Å². The maximum absolute atomic E-state index is 13.3. The summed E-state index contributed by atoms with van der Waals surface area (Å²) in [4.78, 5) is 27.1. The number of carbonyl (C=O) groups is 2. The molecule has 0 radical (unpaired) electrons. The van der Waals surface area contributed by atoms with Crippen LogP contribution in [0.5, 0.6) is 0 Å². The van der Waals surface area contributed by atoms with Crippen molar-refractivity contribution in [2.24, 2.45) is 0 Å². The van der Waals surface area contributed by atoms with Crippen molar-refractivity contribution in [2.75, 3.05) is 37.7 Å². The van der Waals surface area contributed by atoms with Gasteiger partial charge in [0.2, 0.25) is 15.8 Å². The quantitative estimate of drug-likeness (QED) is 0.288. The highest BCUT2D eigenvalue weighted by molar-refractivity contribution is 7.89. The maximum Gasteiger partial charge on any atom is 0.340 e. The second-order valence-electron chi connectivity index (χ2n) is 7.99. The molecule has 4 rings (SSSR count). The third-order valence-corrected chi connectivity index (χ3v) is 8.51. The van der Waals surface area contributed by atoms with Gasteiger partial charge < -0.3 is 9.64 Å². The second kappa shape index (κ2) is 11.2. The lowest BCUT2D eigenvalue weighted by Crippen LogP contribution is -2.48. The van der Waals surface area contributed by atoms with Crippen LogP contribution in [0.2, 0.25) is 15.1 Å². The molecule has 3 aromatic carbocycles. The zero-order valence-corrected chi connectivity index (χ0v) is 21.9. The van der Waals surface area contributed by atoms with Crippen LogP contribution in [0.1, 0.15) is 20.7 Å². The predicted molar refractivity (Wildman–Crippen MR) is 140 cm³/mol. The molecule has 7 nitrogen and oxygen atoms in total. The molecule has 1 aliphatic rings. The zero-order valence-electron chi connectivity index (χ0n) is 18.9. The van der Waals surface area contributed by atoms with E-state index in [0.717, 1.165) is 5.69 Å². The predicted octanol–water partition coefficient (Wildman–Crippen LogP) is 5.20. The Kier molecular flexibility index (Phi) is 8.22. The first-order valence-electron chi connectivity index (χ1n) is 10.9. The van der Waals surface area contributed by atoms with Crippen molar-refractivity contribution in [1.82, 2.24) is 4.31 Å². The number of benzene rings is 3. The Balaban J connectivity index is 1.45. The molecule has 36 heavy (non-hydrogen) atoms. The smallest absolute Gasteiger partial charge is 0.340 e. The van der Waals surface area contributed by atoms with E-state index in [4.69, 9.17) is 39.5 Å². The first-order chi connectivity index (χ1) is 17.2. The number of hydrogen-bond acceptors (Lipinski definition) is 6. The van der Waals surface area contributed by atoms with Crippen LogP contribution in [0.3, 0.4) is 0 Å². The number of sulfonamides is 1. The van der Waals surface area contributed by atoms with E-state index in [9.17, 15) is 18.0 Å². The molecule has 1 saturated heterocycles. The van der Waals surface area contributed by atoms with E-state index < -0.39 is 28.4 Å². The van der Waals surface area contributed by atoms with E-state index in [1.165, 1.54) is 40.7 Å². The number of piperazine rings is 1. The van der Waals surface area contributed by atoms with Crippen molar-refractivity contribution in [1.29, 1.82) is 0 Å². The average molecular weight is 568 g/mol. The summed E-state index contributed by atoms with van der Waals surface area (Å²) < 4.78 is 33.0. The first-order valence-corrected chi connectivity index (χ1v) is 13.5. The highest BCUT2D eigenvalue weighted by Crippen LogP contribution is 2.26. The molecule has 0 N–H and O–H groups in total. The molecule has 0 spiro atoms. The summed E-state index contributed by atoms with van der Waals surface area (Å²) in [5.41, 5.74) is 0.972. The number of ether oxygens (including phenoxy) is 1. The van der Waals surface area contributed by atoms with Gasteiger partial charge >= 0.3 is 5.97 Å². The summed E-state index contributed by atoms with van der Waals surface area (Å²) >= 11 is 18.1. The third kappa shape index (κ3) is 5.85. The van der Waals surface area contributed by atoms with E-state index in [0.29, 0.717) is 18.1 Å². The fourth-order valence-electron chi connectivity index (χ4n) is 3.79. The summed E-state index contributed by atoms with van der Waals surface area (Å²) in [6.07, 6.45) is 0. The van der Waals surface area contributed by atoms with Crippen molar-refractivity contribution in [3.8, 4) is 0 Å². The largest absolute Gasteiger partial charge is 0.454 e. The van der Waals surface area contributed by atoms with Gasteiger partial charge in [-0.3, -0.25) is 4.79 Å². The van der Waals surface area contributed by atoms with Crippen LogP contribution in [-0.2, 0) is 14.8 Å². The normalized spacial score (nSPS) is 14.5. The van der Waals surface area contributed by atoms with Crippen LogP contribution < -0.4 is 4.90 Å². The molecule has 1 heterocycles. The monoisotopic (exact) mass is 566 g/mol. The molecule has 0 amide bonds. The molecule has 1 aliphatic heterocycles. The van der Waals surface area contributed by atoms with E-state index in [-0.39, 0.29) is 39.2 Å². The van der Waals surface area contributed by atoms with Gasteiger partial charge in [0.1, 0.15) is 0 Å². The topological polar surface area (TPSA) is 84.0 Å². The molecule has 0 bridgehead atoms. The Morgan fingerprint density at radius 2 is 1.44 bits per heavy atom. The lowest BCUT2D eigenvalue weighted by Gasteiger charge is -2.35. The van der Waals surface area contributed by atoms with E-state index in [1.807, 2.05) is 30.3 Å². The molecule has 0 saturated carbocycles. The third-order valence-electron chi connectivity index (χ3n) is 5.72. The standard InChI is InChI=1S/C25H21Cl3N2O5S/c26-17-6-8-22(27)20(14-17)24(31)16-35-25(32)21-15-19(7-9-23(21)28)36(33,34)30-12-10-29(11-13-30)18-4-2-1-3-5-18/h1-9,14-15H,10-13,16H2. The maximum atomic E-state index is 13.3. The number of halogens is 3. The van der Waals surface area contributed by atoms with Gasteiger partial charge in [0, 0.05) is 42.5 Å². The summed E-state index contributed by atoms with van der Waals surface area (Å²) in [6.45, 7) is 1.01. The number of rotatable bonds is 7. The molecule has 188 valence electrons. The van der Waals surface area contributed by atoms with Crippen LogP contribution in [0, 0.1) is 0 Å². The molecule has 0 aromatic heterocycles. The van der Waals surface area contributed by atoms with Gasteiger partial charge in [-0.05, 0) is 48.5 Å². The number of ketones is 1. The van der Waals surface area contributed by atoms with Gasteiger partial charge in [-0.15, -0.1) is 0 Å². The number of hydrogen-bond donors (Lipinski definition) is 0. The van der Waals surface area contributed by atoms with Crippen LogP contribution in [0.4, 0.5) is 5.69 Å². The van der Waals surface area contributed by atoms with Gasteiger partial charge in [-0.25, -0.2) is 13.2 Å². The van der Waals surface area contributed by atoms with Crippen molar-refractivity contribution >= 4 is 62.3 Å². The summed E-state index contributed by atoms with van der Waals surface area (Å²) in [6, 6.07) is 17.9. The van der Waals surface area contributed by atoms with Crippen molar-refractivity contribution < 1.29 is 22.7 Å². The van der Waals surface area contributed by atoms with Crippen LogP contribution >= 0.6 is 34.8 Å². The molecule has 11 heteroatoms. The van der Waals surface area contributed by atoms with Crippen molar-refractivity contribution in [3.05, 3.63) is 92.9 Å². The van der Waals surface area contributed by atoms with Gasteiger partial charge in [-0.1, -0.05) is 53.0 Å². The Labute approximate surface area is 224 Å². The molecule has 0 aliphatic carbocycles. The highest BCUT2D eigenvalue weighted by atomic mass is 35.5. The van der Waals surface area contributed by atoms with Gasteiger partial charge in [0.15, 0.2) is 6.61 Å². The number of para-hydroxylation sites is 1. The number of Topliss-reactive ketones (excluding diaryl/α,β-unsaturated/α-hetero) is 1.